The molecule has 0 saturated carbocycles. The van der Waals surface area contributed by atoms with Gasteiger partial charge in [0, 0.05) is 11.8 Å². The molecule has 1 N–H and O–H groups in total. The Balaban J connectivity index is 1.51. The molecule has 0 bridgehead atoms. The minimum absolute atomic E-state index is 0.0347. The minimum atomic E-state index is -4.78. The van der Waals surface area contributed by atoms with Crippen LogP contribution in [0.1, 0.15) is 16.7 Å². The molecule has 10 nitrogen and oxygen atoms in total. The van der Waals surface area contributed by atoms with Crippen molar-refractivity contribution >= 4 is 46.3 Å². The van der Waals surface area contributed by atoms with Crippen molar-refractivity contribution in [2.24, 2.45) is 0 Å². The second kappa shape index (κ2) is 11.7. The van der Waals surface area contributed by atoms with E-state index in [0.717, 1.165) is 16.5 Å². The van der Waals surface area contributed by atoms with Gasteiger partial charge in [-0.15, -0.1) is 0 Å². The van der Waals surface area contributed by atoms with Crippen LogP contribution >= 0.6 is 11.8 Å². The Morgan fingerprint density at radius 2 is 1.80 bits per heavy atom. The maximum absolute atomic E-state index is 13.0. The number of benzene rings is 3. The van der Waals surface area contributed by atoms with Gasteiger partial charge in [-0.05, 0) is 72.3 Å². The summed E-state index contributed by atoms with van der Waals surface area (Å²) >= 11 is 0.636. The standard InChI is InChI=1S/C27H20F3N3O7S/c1-15-4-3-5-18(10-15)31-24(34)14-32-25(35)23(41-26(32)36)12-16-6-8-21(22(11-16)39-2)40-20-9-7-17(27(28,29)30)13-19(20)33(37)38/h3-13H,14H2,1-2H3,(H,31,34)/b23-12+. The molecule has 0 aliphatic carbocycles. The largest absolute Gasteiger partial charge is 0.493 e. The third-order valence-corrected chi connectivity index (χ3v) is 6.57. The van der Waals surface area contributed by atoms with Gasteiger partial charge in [-0.1, -0.05) is 18.2 Å². The number of aryl methyl sites for hydroxylation is 1. The summed E-state index contributed by atoms with van der Waals surface area (Å²) in [6.45, 7) is 1.36. The van der Waals surface area contributed by atoms with Gasteiger partial charge < -0.3 is 14.8 Å². The van der Waals surface area contributed by atoms with Gasteiger partial charge in [0.25, 0.3) is 11.1 Å². The van der Waals surface area contributed by atoms with Gasteiger partial charge in [0.1, 0.15) is 6.54 Å². The summed E-state index contributed by atoms with van der Waals surface area (Å²) in [5, 5.41) is 13.4. The van der Waals surface area contributed by atoms with Gasteiger partial charge in [-0.3, -0.25) is 29.4 Å². The monoisotopic (exact) mass is 587 g/mol. The number of nitro groups is 1. The van der Waals surface area contributed by atoms with Gasteiger partial charge in [-0.2, -0.15) is 13.2 Å². The van der Waals surface area contributed by atoms with Crippen LogP contribution in [0.25, 0.3) is 6.08 Å². The number of thioether (sulfide) groups is 1. The smallest absolute Gasteiger partial charge is 0.416 e. The molecule has 0 aromatic heterocycles. The average molecular weight is 588 g/mol. The SMILES string of the molecule is COc1cc(/C=C2/SC(=O)N(CC(=O)Nc3cccc(C)c3)C2=O)ccc1Oc1ccc(C(F)(F)F)cc1[N+](=O)[O-]. The first-order valence-corrected chi connectivity index (χ1v) is 12.5. The lowest BCUT2D eigenvalue weighted by Gasteiger charge is -2.13. The van der Waals surface area contributed by atoms with Crippen molar-refractivity contribution in [3.63, 3.8) is 0 Å². The number of hydrogen-bond donors (Lipinski definition) is 1. The van der Waals surface area contributed by atoms with Crippen LogP contribution in [0.15, 0.2) is 65.6 Å². The lowest BCUT2D eigenvalue weighted by atomic mass is 10.1. The maximum atomic E-state index is 13.0. The quantitative estimate of drug-likeness (QED) is 0.182. The highest BCUT2D eigenvalue weighted by molar-refractivity contribution is 8.18. The normalized spacial score (nSPS) is 14.4. The number of carbonyl (C=O) groups excluding carboxylic acids is 3. The molecular formula is C27H20F3N3O7S. The molecule has 1 saturated heterocycles. The number of nitro benzene ring substituents is 1. The lowest BCUT2D eigenvalue weighted by Crippen LogP contribution is -2.36. The van der Waals surface area contributed by atoms with Crippen LogP contribution in [0, 0.1) is 17.0 Å². The molecule has 41 heavy (non-hydrogen) atoms. The van der Waals surface area contributed by atoms with Crippen LogP contribution in [0.2, 0.25) is 0 Å². The van der Waals surface area contributed by atoms with Gasteiger partial charge in [0.15, 0.2) is 11.5 Å². The molecule has 0 atom stereocenters. The van der Waals surface area contributed by atoms with Crippen LogP contribution in [0.5, 0.6) is 17.2 Å². The highest BCUT2D eigenvalue weighted by Crippen LogP contribution is 2.41. The molecule has 0 radical (unpaired) electrons. The number of imide groups is 1. The number of nitrogens with one attached hydrogen (secondary N) is 1. The van der Waals surface area contributed by atoms with Crippen molar-refractivity contribution in [3.8, 4) is 17.2 Å². The number of rotatable bonds is 8. The number of hydrogen-bond acceptors (Lipinski definition) is 8. The van der Waals surface area contributed by atoms with Crippen LogP contribution in [-0.2, 0) is 15.8 Å². The first kappa shape index (κ1) is 29.1. The molecule has 0 unspecified atom stereocenters. The van der Waals surface area contributed by atoms with E-state index in [-0.39, 0.29) is 16.4 Å². The summed E-state index contributed by atoms with van der Waals surface area (Å²) in [6, 6.07) is 13.1. The van der Waals surface area contributed by atoms with E-state index >= 15 is 0 Å². The summed E-state index contributed by atoms with van der Waals surface area (Å²) in [4.78, 5) is 49.0. The fourth-order valence-electron chi connectivity index (χ4n) is 3.75. The number of amides is 3. The molecule has 1 fully saturated rings. The van der Waals surface area contributed by atoms with Gasteiger partial charge in [-0.25, -0.2) is 0 Å². The topological polar surface area (TPSA) is 128 Å². The number of methoxy groups -OCH3 is 1. The predicted molar refractivity (Wildman–Crippen MR) is 144 cm³/mol. The van der Waals surface area contributed by atoms with E-state index in [1.165, 1.54) is 31.4 Å². The zero-order valence-corrected chi connectivity index (χ0v) is 22.2. The van der Waals surface area contributed by atoms with Crippen LogP contribution in [0.4, 0.5) is 29.3 Å². The van der Waals surface area contributed by atoms with E-state index in [4.69, 9.17) is 9.47 Å². The Morgan fingerprint density at radius 1 is 1.07 bits per heavy atom. The molecule has 1 aliphatic heterocycles. The number of anilines is 1. The van der Waals surface area contributed by atoms with Crippen molar-refractivity contribution in [2.45, 2.75) is 13.1 Å². The fourth-order valence-corrected chi connectivity index (χ4v) is 4.59. The summed E-state index contributed by atoms with van der Waals surface area (Å²) in [5.41, 5.74) is -0.285. The molecule has 3 aromatic rings. The predicted octanol–water partition coefficient (Wildman–Crippen LogP) is 6.40. The van der Waals surface area contributed by atoms with Gasteiger partial charge in [0.05, 0.1) is 22.5 Å². The van der Waals surface area contributed by atoms with Crippen molar-refractivity contribution in [1.29, 1.82) is 0 Å². The van der Waals surface area contributed by atoms with Crippen LogP contribution in [-0.4, -0.2) is 40.5 Å². The molecular weight excluding hydrogens is 567 g/mol. The number of alkyl halides is 3. The molecule has 1 aliphatic rings. The van der Waals surface area contributed by atoms with Crippen LogP contribution < -0.4 is 14.8 Å². The van der Waals surface area contributed by atoms with Crippen LogP contribution in [0.3, 0.4) is 0 Å². The number of ether oxygens (including phenoxy) is 2. The molecule has 0 spiro atoms. The van der Waals surface area contributed by atoms with E-state index in [1.807, 2.05) is 13.0 Å². The van der Waals surface area contributed by atoms with Crippen molar-refractivity contribution in [1.82, 2.24) is 4.90 Å². The van der Waals surface area contributed by atoms with E-state index in [9.17, 15) is 37.7 Å². The first-order valence-electron chi connectivity index (χ1n) is 11.7. The fraction of sp³-hybridized carbons (Fsp3) is 0.148. The number of nitrogens with zero attached hydrogens (tertiary/aromatic N) is 2. The summed E-state index contributed by atoms with van der Waals surface area (Å²) in [5.74, 6) is -1.68. The van der Waals surface area contributed by atoms with Crippen molar-refractivity contribution < 1.29 is 42.0 Å². The Hall–Kier alpha value is -4.85. The zero-order chi connectivity index (χ0) is 29.9. The third-order valence-electron chi connectivity index (χ3n) is 5.67. The number of halogens is 3. The Kier molecular flexibility index (Phi) is 8.33. The maximum Gasteiger partial charge on any atom is 0.416 e. The summed E-state index contributed by atoms with van der Waals surface area (Å²) < 4.78 is 49.8. The highest BCUT2D eigenvalue weighted by Gasteiger charge is 2.36. The van der Waals surface area contributed by atoms with Gasteiger partial charge in [0.2, 0.25) is 11.7 Å². The molecule has 212 valence electrons. The van der Waals surface area contributed by atoms with E-state index < -0.39 is 51.7 Å². The molecule has 14 heteroatoms. The Morgan fingerprint density at radius 3 is 2.46 bits per heavy atom. The third kappa shape index (κ3) is 6.84. The van der Waals surface area contributed by atoms with E-state index in [2.05, 4.69) is 5.32 Å². The molecule has 3 aromatic carbocycles. The molecule has 1 heterocycles. The number of carbonyl (C=O) groups is 3. The minimum Gasteiger partial charge on any atom is -0.493 e. The van der Waals surface area contributed by atoms with E-state index in [0.29, 0.717) is 35.1 Å². The Labute approximate surface area is 234 Å². The van der Waals surface area contributed by atoms with Crippen molar-refractivity contribution in [3.05, 3.63) is 92.4 Å². The zero-order valence-electron chi connectivity index (χ0n) is 21.4. The summed E-state index contributed by atoms with van der Waals surface area (Å²) in [6.07, 6.45) is -3.40. The first-order chi connectivity index (χ1) is 19.3. The molecule has 4 rings (SSSR count). The highest BCUT2D eigenvalue weighted by atomic mass is 32.2. The lowest BCUT2D eigenvalue weighted by molar-refractivity contribution is -0.385. The average Bonchev–Trinajstić information content (AvgIpc) is 3.16. The van der Waals surface area contributed by atoms with E-state index in [1.54, 1.807) is 18.2 Å². The summed E-state index contributed by atoms with van der Waals surface area (Å²) in [7, 11) is 1.27. The van der Waals surface area contributed by atoms with Crippen molar-refractivity contribution in [2.75, 3.05) is 19.0 Å². The second-order valence-electron chi connectivity index (χ2n) is 8.64. The molecule has 3 amide bonds. The second-order valence-corrected chi connectivity index (χ2v) is 9.63. The van der Waals surface area contributed by atoms with Gasteiger partial charge >= 0.3 is 11.9 Å². The Bertz CT molecular complexity index is 1590.